The zero-order chi connectivity index (χ0) is 54.3. The molecular weight excluding hydrogens is 997 g/mol. The van der Waals surface area contributed by atoms with Crippen LogP contribution >= 0.6 is 21.6 Å². The highest BCUT2D eigenvalue weighted by Crippen LogP contribution is 2.39. The number of nitrogens with one attached hydrogen (secondary N) is 8. The molecule has 0 bridgehead atoms. The van der Waals surface area contributed by atoms with Gasteiger partial charge in [-0.05, 0) is 67.6 Å². The van der Waals surface area contributed by atoms with E-state index in [1.54, 1.807) is 70.3 Å². The van der Waals surface area contributed by atoms with E-state index >= 15 is 0 Å². The number of carboxylic acids is 2. The number of amides is 7. The first-order valence-electron chi connectivity index (χ1n) is 23.8. The Bertz CT molecular complexity index is 2650. The normalized spacial score (nSPS) is 22.2. The van der Waals surface area contributed by atoms with Crippen LogP contribution in [0.4, 0.5) is 0 Å². The Morgan fingerprint density at radius 1 is 0.730 bits per heavy atom. The second-order valence-corrected chi connectivity index (χ2v) is 21.7. The number of hydrogen-bond acceptors (Lipinski definition) is 14. The SMILES string of the molecule is CC(C)[C@H](NC(=O)[C@@H]1CSSC(C)(C)C(NC(=O)[C@@H](N)CC(=O)O)C(=O)N[C@@H](Cc2ccccc2)C(=O)N[C@H](Cc2c[nH]c3ccccc23)C(=O)N[C@@H](CCN)C(=O)N[C@@H](Cc2ccc(O)cc2)C(=O)N1)C(=O)O. The number of aliphatic carboxylic acids is 2. The number of carboxylic acid groups (broad SMARTS) is 2. The number of hydrogen-bond donors (Lipinski definition) is 13. The molecular formula is C50H64N10O12S2. The Labute approximate surface area is 434 Å². The summed E-state index contributed by atoms with van der Waals surface area (Å²) in [6.45, 7) is 6.10. The third-order valence-corrected chi connectivity index (χ3v) is 15.4. The first-order chi connectivity index (χ1) is 35.1. The van der Waals surface area contributed by atoms with Gasteiger partial charge in [0.2, 0.25) is 41.4 Å². The van der Waals surface area contributed by atoms with Crippen molar-refractivity contribution in [2.45, 2.75) is 113 Å². The topological polar surface area (TPSA) is 366 Å². The van der Waals surface area contributed by atoms with Crippen LogP contribution in [0.2, 0.25) is 0 Å². The summed E-state index contributed by atoms with van der Waals surface area (Å²) < 4.78 is -1.42. The van der Waals surface area contributed by atoms with E-state index in [1.807, 2.05) is 18.2 Å². The number of aromatic amines is 1. The van der Waals surface area contributed by atoms with E-state index in [9.17, 15) is 58.5 Å². The Kier molecular flexibility index (Phi) is 20.8. The van der Waals surface area contributed by atoms with E-state index in [1.165, 1.54) is 24.3 Å². The van der Waals surface area contributed by atoms with Gasteiger partial charge in [0.05, 0.1) is 12.5 Å². The molecule has 398 valence electrons. The maximum Gasteiger partial charge on any atom is 0.326 e. The van der Waals surface area contributed by atoms with Crippen molar-refractivity contribution in [3.8, 4) is 5.75 Å². The summed E-state index contributed by atoms with van der Waals surface area (Å²) in [7, 11) is 1.90. The minimum absolute atomic E-state index is 0.0837. The summed E-state index contributed by atoms with van der Waals surface area (Å²) >= 11 is 0. The molecule has 8 atom stereocenters. The van der Waals surface area contributed by atoms with Gasteiger partial charge in [-0.15, -0.1) is 0 Å². The van der Waals surface area contributed by atoms with Crippen LogP contribution in [0.25, 0.3) is 10.9 Å². The van der Waals surface area contributed by atoms with Crippen molar-refractivity contribution in [3.05, 3.63) is 102 Å². The lowest BCUT2D eigenvalue weighted by Gasteiger charge is -2.35. The molecule has 1 fully saturated rings. The molecule has 24 heteroatoms. The maximum atomic E-state index is 14.8. The average Bonchev–Trinajstić information content (AvgIpc) is 3.75. The molecule has 3 aromatic carbocycles. The first kappa shape index (κ1) is 57.7. The predicted molar refractivity (Wildman–Crippen MR) is 278 cm³/mol. The third kappa shape index (κ3) is 16.4. The summed E-state index contributed by atoms with van der Waals surface area (Å²) in [5.74, 6) is -10.1. The second kappa shape index (κ2) is 26.7. The van der Waals surface area contributed by atoms with Gasteiger partial charge in [0.1, 0.15) is 48.0 Å². The molecule has 1 aliphatic heterocycles. The van der Waals surface area contributed by atoms with Gasteiger partial charge in [-0.3, -0.25) is 38.4 Å². The fourth-order valence-corrected chi connectivity index (χ4v) is 10.8. The zero-order valence-corrected chi connectivity index (χ0v) is 42.8. The van der Waals surface area contributed by atoms with E-state index in [4.69, 9.17) is 11.5 Å². The van der Waals surface area contributed by atoms with E-state index in [0.29, 0.717) is 16.7 Å². The van der Waals surface area contributed by atoms with Crippen LogP contribution in [0.5, 0.6) is 5.75 Å². The third-order valence-electron chi connectivity index (χ3n) is 12.1. The van der Waals surface area contributed by atoms with Gasteiger partial charge in [0.25, 0.3) is 0 Å². The van der Waals surface area contributed by atoms with Gasteiger partial charge in [0, 0.05) is 46.9 Å². The summed E-state index contributed by atoms with van der Waals surface area (Å²) in [5, 5.41) is 48.8. The fourth-order valence-electron chi connectivity index (χ4n) is 7.98. The highest BCUT2D eigenvalue weighted by Gasteiger charge is 2.42. The average molecular weight is 1060 g/mol. The van der Waals surface area contributed by atoms with Crippen LogP contribution in [-0.4, -0.2) is 139 Å². The monoisotopic (exact) mass is 1060 g/mol. The highest BCUT2D eigenvalue weighted by atomic mass is 33.1. The summed E-state index contributed by atoms with van der Waals surface area (Å²) in [4.78, 5) is 128. The number of carbonyl (C=O) groups is 9. The molecule has 1 aromatic heterocycles. The predicted octanol–water partition coefficient (Wildman–Crippen LogP) is 0.360. The van der Waals surface area contributed by atoms with Gasteiger partial charge in [0.15, 0.2) is 0 Å². The molecule has 0 spiro atoms. The van der Waals surface area contributed by atoms with Crippen LogP contribution in [0.1, 0.15) is 57.2 Å². The number of H-pyrrole nitrogens is 1. The largest absolute Gasteiger partial charge is 0.508 e. The van der Waals surface area contributed by atoms with E-state index < -0.39 is 119 Å². The van der Waals surface area contributed by atoms with Crippen molar-refractivity contribution in [3.63, 3.8) is 0 Å². The number of aromatic hydroxyl groups is 1. The quantitative estimate of drug-likeness (QED) is 0.0674. The first-order valence-corrected chi connectivity index (χ1v) is 26.1. The Morgan fingerprint density at radius 2 is 1.27 bits per heavy atom. The molecule has 5 rings (SSSR count). The van der Waals surface area contributed by atoms with Crippen molar-refractivity contribution < 1.29 is 58.5 Å². The van der Waals surface area contributed by atoms with Crippen molar-refractivity contribution in [1.82, 2.24) is 42.2 Å². The van der Waals surface area contributed by atoms with Gasteiger partial charge in [-0.2, -0.15) is 0 Å². The molecule has 0 aliphatic carbocycles. The highest BCUT2D eigenvalue weighted by molar-refractivity contribution is 8.77. The van der Waals surface area contributed by atoms with Crippen LogP contribution in [0.15, 0.2) is 85.1 Å². The molecule has 2 heterocycles. The van der Waals surface area contributed by atoms with Crippen molar-refractivity contribution in [1.29, 1.82) is 0 Å². The number of para-hydroxylation sites is 1. The smallest absolute Gasteiger partial charge is 0.326 e. The van der Waals surface area contributed by atoms with Crippen molar-refractivity contribution in [2.24, 2.45) is 17.4 Å². The zero-order valence-electron chi connectivity index (χ0n) is 41.2. The molecule has 0 radical (unpaired) electrons. The lowest BCUT2D eigenvalue weighted by Crippen LogP contribution is -2.63. The summed E-state index contributed by atoms with van der Waals surface area (Å²) in [6.07, 6.45) is 0.226. The summed E-state index contributed by atoms with van der Waals surface area (Å²) in [5.41, 5.74) is 14.3. The van der Waals surface area contributed by atoms with Crippen molar-refractivity contribution in [2.75, 3.05) is 12.3 Å². The lowest BCUT2D eigenvalue weighted by molar-refractivity contribution is -0.143. The van der Waals surface area contributed by atoms with Gasteiger partial charge in [-0.25, -0.2) is 4.79 Å². The van der Waals surface area contributed by atoms with E-state index in [0.717, 1.165) is 32.5 Å². The number of phenols is 1. The van der Waals surface area contributed by atoms with Gasteiger partial charge >= 0.3 is 11.9 Å². The maximum absolute atomic E-state index is 14.8. The van der Waals surface area contributed by atoms with Crippen LogP contribution in [-0.2, 0) is 62.4 Å². The molecule has 1 aliphatic rings. The molecule has 22 nitrogen and oxygen atoms in total. The number of carbonyl (C=O) groups excluding carboxylic acids is 7. The molecule has 1 unspecified atom stereocenters. The Hall–Kier alpha value is -7.15. The molecule has 4 aromatic rings. The van der Waals surface area contributed by atoms with E-state index in [-0.39, 0.29) is 43.7 Å². The van der Waals surface area contributed by atoms with Crippen LogP contribution in [0, 0.1) is 5.92 Å². The number of phenolic OH excluding ortho intramolecular Hbond substituents is 1. The molecule has 0 saturated carbocycles. The molecule has 74 heavy (non-hydrogen) atoms. The van der Waals surface area contributed by atoms with Gasteiger partial charge in [-0.1, -0.05) is 96.1 Å². The lowest BCUT2D eigenvalue weighted by atomic mass is 9.98. The van der Waals surface area contributed by atoms with Crippen LogP contribution in [0.3, 0.4) is 0 Å². The minimum atomic E-state index is -1.62. The molecule has 7 amide bonds. The molecule has 15 N–H and O–H groups in total. The standard InChI is InChI=1S/C50H64N10O12S2/c1-26(2)40(49(71)72)59-47(69)38-25-73-74-50(3,4)41(60-42(64)32(52)23-39(62)63)48(70)57-36(20-27-10-6-5-7-11-27)44(66)56-37(22-29-24-53-33-13-9-8-12-31(29)33)46(68)54-34(18-19-51)43(65)55-35(45(67)58-38)21-28-14-16-30(61)17-15-28/h5-17,24,26,32,34-38,40-41,53,61H,18-23,25,51-52H2,1-4H3,(H,54,68)(H,55,65)(H,56,66)(H,57,70)(H,58,67)(H,59,69)(H,60,64)(H,62,63)(H,71,72)/t32-,34-,35-,36-,37+,38-,40-,41?/m0/s1. The number of fused-ring (bicyclic) bond motifs is 1. The molecule has 1 saturated heterocycles. The Balaban J connectivity index is 1.65. The second-order valence-electron chi connectivity index (χ2n) is 18.7. The Morgan fingerprint density at radius 3 is 1.86 bits per heavy atom. The van der Waals surface area contributed by atoms with Crippen LogP contribution < -0.4 is 48.7 Å². The van der Waals surface area contributed by atoms with Gasteiger partial charge < -0.3 is 69.0 Å². The fraction of sp³-hybridized carbons (Fsp3) is 0.420. The number of benzene rings is 3. The summed E-state index contributed by atoms with van der Waals surface area (Å²) in [6, 6.07) is 9.70. The number of nitrogens with two attached hydrogens (primary N) is 2. The van der Waals surface area contributed by atoms with E-state index in [2.05, 4.69) is 42.2 Å². The number of rotatable bonds is 16. The van der Waals surface area contributed by atoms with Crippen molar-refractivity contribution >= 4 is 85.8 Å². The number of aromatic nitrogens is 1. The minimum Gasteiger partial charge on any atom is -0.508 e.